The standard InChI is InChI=1S/C18H21N3O4S2/c1-2-3-4-5-6-7-16(22)19-20-17(23)15(27-18(20)26)12-13-8-10-14(11-9-13)21(24)25/h8-12H,2-7H2,1H3,(H,19,22). The number of non-ortho nitro benzene ring substituents is 1. The van der Waals surface area contributed by atoms with E-state index in [-0.39, 0.29) is 15.9 Å². The van der Waals surface area contributed by atoms with Gasteiger partial charge in [-0.15, -0.1) is 0 Å². The SMILES string of the molecule is CCCCCCCC(=O)NN1C(=O)C(=Cc2ccc([N+](=O)[O-])cc2)SC1=S. The van der Waals surface area contributed by atoms with E-state index >= 15 is 0 Å². The maximum Gasteiger partial charge on any atom is 0.285 e. The highest BCUT2D eigenvalue weighted by atomic mass is 32.2. The summed E-state index contributed by atoms with van der Waals surface area (Å²) in [6.07, 6.45) is 7.11. The fourth-order valence-electron chi connectivity index (χ4n) is 2.48. The van der Waals surface area contributed by atoms with E-state index in [1.807, 2.05) is 0 Å². The van der Waals surface area contributed by atoms with E-state index in [1.54, 1.807) is 18.2 Å². The summed E-state index contributed by atoms with van der Waals surface area (Å²) in [7, 11) is 0. The van der Waals surface area contributed by atoms with Crippen LogP contribution in [0.15, 0.2) is 29.2 Å². The molecule has 0 aromatic heterocycles. The first-order valence-corrected chi connectivity index (χ1v) is 9.96. The number of carbonyl (C=O) groups excluding carboxylic acids is 2. The molecule has 1 fully saturated rings. The monoisotopic (exact) mass is 407 g/mol. The van der Waals surface area contributed by atoms with Crippen molar-refractivity contribution in [3.05, 3.63) is 44.8 Å². The van der Waals surface area contributed by atoms with Crippen LogP contribution in [-0.4, -0.2) is 26.1 Å². The number of thiocarbonyl (C=S) groups is 1. The molecule has 1 aliphatic heterocycles. The zero-order valence-corrected chi connectivity index (χ0v) is 16.6. The maximum absolute atomic E-state index is 12.5. The van der Waals surface area contributed by atoms with E-state index in [1.165, 1.54) is 12.1 Å². The summed E-state index contributed by atoms with van der Waals surface area (Å²) in [6, 6.07) is 5.85. The number of carbonyl (C=O) groups is 2. The van der Waals surface area contributed by atoms with E-state index in [2.05, 4.69) is 12.3 Å². The van der Waals surface area contributed by atoms with Gasteiger partial charge in [-0.05, 0) is 42.4 Å². The quantitative estimate of drug-likeness (QED) is 0.217. The van der Waals surface area contributed by atoms with Crippen LogP contribution in [0.4, 0.5) is 5.69 Å². The van der Waals surface area contributed by atoms with Crippen molar-refractivity contribution in [2.75, 3.05) is 0 Å². The summed E-state index contributed by atoms with van der Waals surface area (Å²) in [6.45, 7) is 2.13. The number of benzene rings is 1. The molecule has 7 nitrogen and oxygen atoms in total. The molecule has 2 amide bonds. The summed E-state index contributed by atoms with van der Waals surface area (Å²) in [5.41, 5.74) is 3.18. The van der Waals surface area contributed by atoms with Crippen LogP contribution >= 0.6 is 24.0 Å². The predicted octanol–water partition coefficient (Wildman–Crippen LogP) is 4.19. The number of unbranched alkanes of at least 4 members (excludes halogenated alkanes) is 4. The highest BCUT2D eigenvalue weighted by molar-refractivity contribution is 8.26. The highest BCUT2D eigenvalue weighted by Crippen LogP contribution is 2.31. The van der Waals surface area contributed by atoms with Crippen LogP contribution in [-0.2, 0) is 9.59 Å². The number of hydrogen-bond donors (Lipinski definition) is 1. The molecule has 0 spiro atoms. The Morgan fingerprint density at radius 2 is 1.93 bits per heavy atom. The van der Waals surface area contributed by atoms with Crippen molar-refractivity contribution in [2.45, 2.75) is 45.4 Å². The van der Waals surface area contributed by atoms with Crippen LogP contribution in [0.5, 0.6) is 0 Å². The summed E-state index contributed by atoms with van der Waals surface area (Å²) in [5, 5.41) is 11.8. The topological polar surface area (TPSA) is 92.6 Å². The molecule has 144 valence electrons. The van der Waals surface area contributed by atoms with Gasteiger partial charge < -0.3 is 0 Å². The molecule has 1 aromatic carbocycles. The summed E-state index contributed by atoms with van der Waals surface area (Å²) in [4.78, 5) is 35.1. The third-order valence-electron chi connectivity index (χ3n) is 3.94. The van der Waals surface area contributed by atoms with Gasteiger partial charge in [0, 0.05) is 18.6 Å². The molecule has 1 heterocycles. The normalized spacial score (nSPS) is 15.4. The molecular weight excluding hydrogens is 386 g/mol. The Balaban J connectivity index is 1.93. The molecule has 1 N–H and O–H groups in total. The molecule has 0 unspecified atom stereocenters. The number of thioether (sulfide) groups is 1. The third kappa shape index (κ3) is 6.14. The zero-order chi connectivity index (χ0) is 19.8. The van der Waals surface area contributed by atoms with E-state index in [9.17, 15) is 19.7 Å². The average Bonchev–Trinajstić information content (AvgIpc) is 2.89. The van der Waals surface area contributed by atoms with Crippen LogP contribution in [0.25, 0.3) is 6.08 Å². The highest BCUT2D eigenvalue weighted by Gasteiger charge is 2.33. The van der Waals surface area contributed by atoms with Gasteiger partial charge in [-0.1, -0.05) is 44.4 Å². The van der Waals surface area contributed by atoms with Gasteiger partial charge in [0.25, 0.3) is 11.6 Å². The van der Waals surface area contributed by atoms with Gasteiger partial charge in [-0.3, -0.25) is 25.1 Å². The van der Waals surface area contributed by atoms with Gasteiger partial charge in [-0.25, -0.2) is 0 Å². The van der Waals surface area contributed by atoms with Crippen molar-refractivity contribution in [3.63, 3.8) is 0 Å². The number of nitro benzene ring substituents is 1. The summed E-state index contributed by atoms with van der Waals surface area (Å²) >= 11 is 6.26. The number of nitro groups is 1. The first-order chi connectivity index (χ1) is 12.9. The molecule has 27 heavy (non-hydrogen) atoms. The molecule has 1 saturated heterocycles. The Morgan fingerprint density at radius 3 is 2.56 bits per heavy atom. The fourth-order valence-corrected chi connectivity index (χ4v) is 3.66. The first kappa shape index (κ1) is 21.0. The van der Waals surface area contributed by atoms with Gasteiger partial charge >= 0.3 is 0 Å². The number of amides is 2. The van der Waals surface area contributed by atoms with Gasteiger partial charge in [0.15, 0.2) is 4.32 Å². The summed E-state index contributed by atoms with van der Waals surface area (Å²) < 4.78 is 0.257. The molecule has 2 rings (SSSR count). The summed E-state index contributed by atoms with van der Waals surface area (Å²) in [5.74, 6) is -0.637. The Kier molecular flexibility index (Phi) is 7.93. The number of nitrogens with zero attached hydrogens (tertiary/aromatic N) is 2. The lowest BCUT2D eigenvalue weighted by molar-refractivity contribution is -0.384. The molecule has 0 radical (unpaired) electrons. The third-order valence-corrected chi connectivity index (χ3v) is 5.24. The lowest BCUT2D eigenvalue weighted by Crippen LogP contribution is -2.44. The van der Waals surface area contributed by atoms with Crippen LogP contribution in [0.2, 0.25) is 0 Å². The molecule has 0 bridgehead atoms. The van der Waals surface area contributed by atoms with Crippen LogP contribution in [0.3, 0.4) is 0 Å². The van der Waals surface area contributed by atoms with Crippen LogP contribution in [0.1, 0.15) is 51.0 Å². The second-order valence-electron chi connectivity index (χ2n) is 6.06. The second kappa shape index (κ2) is 10.2. The maximum atomic E-state index is 12.5. The van der Waals surface area contributed by atoms with Crippen molar-refractivity contribution < 1.29 is 14.5 Å². The Bertz CT molecular complexity index is 762. The molecule has 0 atom stereocenters. The molecule has 1 aromatic rings. The zero-order valence-electron chi connectivity index (χ0n) is 15.0. The van der Waals surface area contributed by atoms with E-state index < -0.39 is 10.8 Å². The molecule has 0 aliphatic carbocycles. The minimum atomic E-state index is -0.485. The predicted molar refractivity (Wildman–Crippen MR) is 110 cm³/mol. The smallest absolute Gasteiger partial charge is 0.273 e. The molecule has 9 heteroatoms. The molecule has 0 saturated carbocycles. The van der Waals surface area contributed by atoms with Gasteiger partial charge in [-0.2, -0.15) is 5.01 Å². The number of rotatable bonds is 9. The van der Waals surface area contributed by atoms with Gasteiger partial charge in [0.2, 0.25) is 5.91 Å². The molecule has 1 aliphatic rings. The molecular formula is C18H21N3O4S2. The van der Waals surface area contributed by atoms with Crippen molar-refractivity contribution in [1.82, 2.24) is 10.4 Å². The Hall–Kier alpha value is -2.26. The van der Waals surface area contributed by atoms with Crippen molar-refractivity contribution in [2.24, 2.45) is 0 Å². The number of hydrazine groups is 1. The fraction of sp³-hybridized carbons (Fsp3) is 0.389. The van der Waals surface area contributed by atoms with Crippen molar-refractivity contribution >= 4 is 51.9 Å². The Morgan fingerprint density at radius 1 is 1.26 bits per heavy atom. The number of nitrogens with one attached hydrogen (secondary N) is 1. The lowest BCUT2D eigenvalue weighted by Gasteiger charge is -2.15. The van der Waals surface area contributed by atoms with Crippen LogP contribution in [0, 0.1) is 10.1 Å². The van der Waals surface area contributed by atoms with Gasteiger partial charge in [0.05, 0.1) is 9.83 Å². The van der Waals surface area contributed by atoms with Crippen molar-refractivity contribution in [3.8, 4) is 0 Å². The van der Waals surface area contributed by atoms with E-state index in [0.29, 0.717) is 16.9 Å². The average molecular weight is 408 g/mol. The first-order valence-electron chi connectivity index (χ1n) is 8.74. The minimum absolute atomic E-state index is 0.0223. The second-order valence-corrected chi connectivity index (χ2v) is 7.74. The van der Waals surface area contributed by atoms with Crippen molar-refractivity contribution in [1.29, 1.82) is 0 Å². The van der Waals surface area contributed by atoms with Crippen LogP contribution < -0.4 is 5.43 Å². The van der Waals surface area contributed by atoms with Gasteiger partial charge in [0.1, 0.15) is 0 Å². The minimum Gasteiger partial charge on any atom is -0.273 e. The lowest BCUT2D eigenvalue weighted by atomic mass is 10.1. The van der Waals surface area contributed by atoms with E-state index in [0.717, 1.165) is 48.9 Å². The largest absolute Gasteiger partial charge is 0.285 e. The Labute approximate surface area is 167 Å². The number of hydrogen-bond acceptors (Lipinski definition) is 6. The van der Waals surface area contributed by atoms with E-state index in [4.69, 9.17) is 12.2 Å².